The summed E-state index contributed by atoms with van der Waals surface area (Å²) in [4.78, 5) is 0.538. The van der Waals surface area contributed by atoms with Crippen molar-refractivity contribution in [1.82, 2.24) is 4.72 Å². The predicted molar refractivity (Wildman–Crippen MR) is 58.3 cm³/mol. The van der Waals surface area contributed by atoms with Crippen molar-refractivity contribution in [2.75, 3.05) is 6.54 Å². The molecule has 0 saturated carbocycles. The van der Waals surface area contributed by atoms with Gasteiger partial charge in [-0.25, -0.2) is 21.9 Å². The Morgan fingerprint density at radius 2 is 2.00 bits per heavy atom. The van der Waals surface area contributed by atoms with Crippen LogP contribution in [0.25, 0.3) is 0 Å². The number of hydrogen-bond acceptors (Lipinski definition) is 4. The van der Waals surface area contributed by atoms with Crippen LogP contribution in [-0.2, 0) is 16.6 Å². The molecule has 0 aliphatic heterocycles. The van der Waals surface area contributed by atoms with Crippen LogP contribution in [-0.4, -0.2) is 27.3 Å². The van der Waals surface area contributed by atoms with Crippen LogP contribution in [0.1, 0.15) is 4.88 Å². The van der Waals surface area contributed by atoms with Gasteiger partial charge in [-0.1, -0.05) is 0 Å². The van der Waals surface area contributed by atoms with Crippen LogP contribution in [0.3, 0.4) is 0 Å². The first-order valence-electron chi connectivity index (χ1n) is 4.63. The highest BCUT2D eigenvalue weighted by Gasteiger charge is 2.41. The van der Waals surface area contributed by atoms with Crippen LogP contribution in [0.15, 0.2) is 16.3 Å². The van der Waals surface area contributed by atoms with Gasteiger partial charge >= 0.3 is 12.3 Å². The summed E-state index contributed by atoms with van der Waals surface area (Å²) in [5.74, 6) is -4.40. The Kier molecular flexibility index (Phi) is 4.70. The topological polar surface area (TPSA) is 72.2 Å². The van der Waals surface area contributed by atoms with Crippen molar-refractivity contribution >= 4 is 21.4 Å². The number of nitrogens with two attached hydrogens (primary N) is 1. The van der Waals surface area contributed by atoms with Crippen LogP contribution in [0.2, 0.25) is 0 Å². The molecule has 18 heavy (non-hydrogen) atoms. The largest absolute Gasteiger partial charge is 0.326 e. The SMILES string of the molecule is NCc1ccc(S(=O)(=O)NCC(F)(F)C(F)F)s1. The summed E-state index contributed by atoms with van der Waals surface area (Å²) >= 11 is 0.791. The fourth-order valence-electron chi connectivity index (χ4n) is 0.952. The van der Waals surface area contributed by atoms with Crippen molar-refractivity contribution in [2.24, 2.45) is 5.73 Å². The van der Waals surface area contributed by atoms with Gasteiger partial charge in [-0.15, -0.1) is 11.3 Å². The van der Waals surface area contributed by atoms with E-state index in [0.717, 1.165) is 11.3 Å². The monoisotopic (exact) mass is 306 g/mol. The van der Waals surface area contributed by atoms with E-state index in [4.69, 9.17) is 5.73 Å². The Morgan fingerprint density at radius 1 is 1.39 bits per heavy atom. The van der Waals surface area contributed by atoms with Crippen molar-refractivity contribution in [1.29, 1.82) is 0 Å². The molecule has 1 aromatic heterocycles. The number of alkyl halides is 4. The Morgan fingerprint density at radius 3 is 2.44 bits per heavy atom. The molecule has 104 valence electrons. The number of sulfonamides is 1. The lowest BCUT2D eigenvalue weighted by Crippen LogP contribution is -2.41. The summed E-state index contributed by atoms with van der Waals surface area (Å²) in [6.07, 6.45) is -3.93. The molecule has 0 unspecified atom stereocenters. The molecule has 0 aromatic carbocycles. The molecule has 0 radical (unpaired) electrons. The van der Waals surface area contributed by atoms with E-state index in [1.165, 1.54) is 16.9 Å². The number of thiophene rings is 1. The van der Waals surface area contributed by atoms with Crippen molar-refractivity contribution in [3.63, 3.8) is 0 Å². The smallest absolute Gasteiger partial charge is 0.320 e. The number of nitrogens with one attached hydrogen (secondary N) is 1. The van der Waals surface area contributed by atoms with Gasteiger partial charge in [-0.2, -0.15) is 8.78 Å². The molecule has 1 aromatic rings. The number of halogens is 4. The standard InChI is InChI=1S/C8H10F4N2O2S2/c9-7(10)8(11,12)4-14-18(15,16)6-2-1-5(3-13)17-6/h1-2,7,14H,3-4,13H2. The molecule has 0 bridgehead atoms. The van der Waals surface area contributed by atoms with Gasteiger partial charge in [0, 0.05) is 11.4 Å². The van der Waals surface area contributed by atoms with Crippen LogP contribution >= 0.6 is 11.3 Å². The first-order valence-corrected chi connectivity index (χ1v) is 6.93. The minimum absolute atomic E-state index is 0.105. The molecular weight excluding hydrogens is 296 g/mol. The normalized spacial score (nSPS) is 13.2. The second kappa shape index (κ2) is 5.51. The van der Waals surface area contributed by atoms with Gasteiger partial charge in [0.2, 0.25) is 10.0 Å². The molecule has 1 heterocycles. The highest BCUT2D eigenvalue weighted by atomic mass is 32.2. The van der Waals surface area contributed by atoms with Gasteiger partial charge in [-0.3, -0.25) is 0 Å². The van der Waals surface area contributed by atoms with E-state index >= 15 is 0 Å². The number of rotatable bonds is 6. The molecule has 0 aliphatic carbocycles. The first-order chi connectivity index (χ1) is 8.19. The third-order valence-electron chi connectivity index (χ3n) is 1.92. The second-order valence-electron chi connectivity index (χ2n) is 3.31. The average Bonchev–Trinajstić information content (AvgIpc) is 2.75. The fraction of sp³-hybridized carbons (Fsp3) is 0.500. The predicted octanol–water partition coefficient (Wildman–Crippen LogP) is 1.39. The van der Waals surface area contributed by atoms with Gasteiger partial charge in [0.25, 0.3) is 0 Å². The lowest BCUT2D eigenvalue weighted by molar-refractivity contribution is -0.122. The Hall–Kier alpha value is -0.710. The van der Waals surface area contributed by atoms with Crippen molar-refractivity contribution in [3.05, 3.63) is 17.0 Å². The second-order valence-corrected chi connectivity index (χ2v) is 6.47. The highest BCUT2D eigenvalue weighted by molar-refractivity contribution is 7.91. The Bertz CT molecular complexity index is 501. The molecule has 4 nitrogen and oxygen atoms in total. The molecule has 0 fully saturated rings. The average molecular weight is 306 g/mol. The van der Waals surface area contributed by atoms with E-state index in [9.17, 15) is 26.0 Å². The van der Waals surface area contributed by atoms with Gasteiger partial charge < -0.3 is 5.73 Å². The quantitative estimate of drug-likeness (QED) is 0.780. The van der Waals surface area contributed by atoms with Crippen molar-refractivity contribution in [2.45, 2.75) is 23.1 Å². The van der Waals surface area contributed by atoms with Gasteiger partial charge in [0.1, 0.15) is 4.21 Å². The Labute approximate surface area is 105 Å². The van der Waals surface area contributed by atoms with Crippen molar-refractivity contribution < 1.29 is 26.0 Å². The molecule has 3 N–H and O–H groups in total. The molecule has 0 saturated heterocycles. The third kappa shape index (κ3) is 3.64. The van der Waals surface area contributed by atoms with Gasteiger partial charge in [0.15, 0.2) is 0 Å². The third-order valence-corrected chi connectivity index (χ3v) is 4.92. The summed E-state index contributed by atoms with van der Waals surface area (Å²) in [6.45, 7) is -1.55. The first kappa shape index (κ1) is 15.3. The van der Waals surface area contributed by atoms with Crippen LogP contribution < -0.4 is 10.5 Å². The summed E-state index contributed by atoms with van der Waals surface area (Å²) in [5, 5.41) is 0. The minimum Gasteiger partial charge on any atom is -0.326 e. The van der Waals surface area contributed by atoms with Crippen molar-refractivity contribution in [3.8, 4) is 0 Å². The van der Waals surface area contributed by atoms with E-state index in [1.807, 2.05) is 0 Å². The minimum atomic E-state index is -4.40. The van der Waals surface area contributed by atoms with Crippen LogP contribution in [0.4, 0.5) is 17.6 Å². The maximum absolute atomic E-state index is 12.6. The van der Waals surface area contributed by atoms with E-state index in [-0.39, 0.29) is 10.8 Å². The molecule has 0 amide bonds. The van der Waals surface area contributed by atoms with Crippen LogP contribution in [0.5, 0.6) is 0 Å². The highest BCUT2D eigenvalue weighted by Crippen LogP contribution is 2.24. The van der Waals surface area contributed by atoms with Crippen LogP contribution in [0, 0.1) is 0 Å². The maximum Gasteiger partial charge on any atom is 0.320 e. The van der Waals surface area contributed by atoms with Gasteiger partial charge in [-0.05, 0) is 12.1 Å². The molecule has 0 aliphatic rings. The van der Waals surface area contributed by atoms with E-state index in [2.05, 4.69) is 0 Å². The zero-order chi connectivity index (χ0) is 14.0. The molecule has 0 atom stereocenters. The summed E-state index contributed by atoms with van der Waals surface area (Å²) in [5.41, 5.74) is 5.27. The van der Waals surface area contributed by atoms with E-state index in [0.29, 0.717) is 4.88 Å². The fourth-order valence-corrected chi connectivity index (χ4v) is 3.27. The van der Waals surface area contributed by atoms with E-state index < -0.39 is 28.9 Å². The summed E-state index contributed by atoms with van der Waals surface area (Å²) < 4.78 is 73.1. The van der Waals surface area contributed by atoms with E-state index in [1.54, 1.807) is 0 Å². The maximum atomic E-state index is 12.6. The lowest BCUT2D eigenvalue weighted by Gasteiger charge is -2.15. The molecule has 10 heteroatoms. The zero-order valence-corrected chi connectivity index (χ0v) is 10.5. The summed E-state index contributed by atoms with van der Waals surface area (Å²) in [7, 11) is -4.22. The molecule has 1 rings (SSSR count). The summed E-state index contributed by atoms with van der Waals surface area (Å²) in [6, 6.07) is 2.60. The molecule has 0 spiro atoms. The lowest BCUT2D eigenvalue weighted by atomic mass is 10.4. The Balaban J connectivity index is 2.77. The molecular formula is C8H10F4N2O2S2. The number of hydrogen-bond donors (Lipinski definition) is 2. The zero-order valence-electron chi connectivity index (χ0n) is 8.87. The van der Waals surface area contributed by atoms with Gasteiger partial charge in [0.05, 0.1) is 6.54 Å².